The highest BCUT2D eigenvalue weighted by Crippen LogP contribution is 2.63. The van der Waals surface area contributed by atoms with Gasteiger partial charge in [0.1, 0.15) is 0 Å². The van der Waals surface area contributed by atoms with Crippen molar-refractivity contribution in [3.63, 3.8) is 0 Å². The maximum atomic E-state index is 11.1. The lowest BCUT2D eigenvalue weighted by atomic mass is 10.1. The molecule has 2 aromatic rings. The number of anilines is 3. The number of rotatable bonds is 5. The van der Waals surface area contributed by atoms with Crippen LogP contribution in [0.1, 0.15) is 6.42 Å². The van der Waals surface area contributed by atoms with Crippen molar-refractivity contribution >= 4 is 28.0 Å². The molecule has 26 heavy (non-hydrogen) atoms. The van der Waals surface area contributed by atoms with E-state index in [0.29, 0.717) is 12.5 Å². The molecule has 0 spiro atoms. The third-order valence-electron chi connectivity index (χ3n) is 5.22. The van der Waals surface area contributed by atoms with Gasteiger partial charge >= 0.3 is 0 Å². The van der Waals surface area contributed by atoms with E-state index < -0.39 is 11.0 Å². The first kappa shape index (κ1) is 17.6. The van der Waals surface area contributed by atoms with Crippen molar-refractivity contribution in [3.05, 3.63) is 54.6 Å². The van der Waals surface area contributed by atoms with Crippen LogP contribution in [0.2, 0.25) is 0 Å². The van der Waals surface area contributed by atoms with Gasteiger partial charge in [-0.3, -0.25) is 13.4 Å². The summed E-state index contributed by atoms with van der Waals surface area (Å²) in [7, 11) is -3.14. The first-order valence-electron chi connectivity index (χ1n) is 9.04. The fourth-order valence-electron chi connectivity index (χ4n) is 3.84. The average Bonchev–Trinajstić information content (AvgIpc) is 3.20. The Morgan fingerprint density at radius 1 is 0.962 bits per heavy atom. The number of likely N-dealkylation sites (tertiary alicyclic amines) is 1. The summed E-state index contributed by atoms with van der Waals surface area (Å²) in [6.45, 7) is 4.11. The molecule has 1 saturated heterocycles. The average molecular weight is 375 g/mol. The molecule has 0 bridgehead atoms. The Bertz CT molecular complexity index is 758. The van der Waals surface area contributed by atoms with Gasteiger partial charge in [0.25, 0.3) is 0 Å². The number of nitrogens with zero attached hydrogens (tertiary/aromatic N) is 3. The van der Waals surface area contributed by atoms with Crippen LogP contribution < -0.4 is 14.3 Å². The van der Waals surface area contributed by atoms with Crippen molar-refractivity contribution in [2.24, 2.45) is 11.7 Å². The molecule has 4 N–H and O–H groups in total. The minimum atomic E-state index is -3.14. The van der Waals surface area contributed by atoms with Crippen LogP contribution in [0.5, 0.6) is 0 Å². The molecule has 2 heterocycles. The first-order valence-corrected chi connectivity index (χ1v) is 10.5. The molecule has 2 aromatic carbocycles. The standard InChI is InChI=1S/C19H26N4O2S/c20-14-16-10-11-21(15-16)12-13-22-18-8-4-5-9-19(18)23(26(22,24)25)17-6-2-1-3-7-17/h1-9,16,24-25H,10-15,20H2. The first-order chi connectivity index (χ1) is 12.6. The summed E-state index contributed by atoms with van der Waals surface area (Å²) >= 11 is 0. The van der Waals surface area contributed by atoms with E-state index in [2.05, 4.69) is 4.90 Å². The van der Waals surface area contributed by atoms with Crippen LogP contribution in [0.4, 0.5) is 17.1 Å². The van der Waals surface area contributed by atoms with Gasteiger partial charge in [-0.05, 0) is 60.7 Å². The highest BCUT2D eigenvalue weighted by molar-refractivity contribution is 8.27. The van der Waals surface area contributed by atoms with E-state index in [4.69, 9.17) is 5.73 Å². The summed E-state index contributed by atoms with van der Waals surface area (Å²) in [5.41, 5.74) is 8.27. The predicted octanol–water partition coefficient (Wildman–Crippen LogP) is 3.51. The molecule has 0 radical (unpaired) electrons. The quantitative estimate of drug-likeness (QED) is 0.744. The smallest absolute Gasteiger partial charge is 0.0896 e. The van der Waals surface area contributed by atoms with E-state index in [1.165, 1.54) is 0 Å². The maximum Gasteiger partial charge on any atom is 0.0896 e. The number of nitrogens with two attached hydrogens (primary N) is 1. The summed E-state index contributed by atoms with van der Waals surface area (Å²) in [5.74, 6) is 0.557. The highest BCUT2D eigenvalue weighted by Gasteiger charge is 2.41. The second-order valence-corrected chi connectivity index (χ2v) is 8.69. The molecule has 1 unspecified atom stereocenters. The second-order valence-electron chi connectivity index (χ2n) is 6.90. The van der Waals surface area contributed by atoms with Crippen molar-refractivity contribution < 1.29 is 9.11 Å². The normalized spacial score (nSPS) is 23.3. The third-order valence-corrected chi connectivity index (χ3v) is 7.09. The van der Waals surface area contributed by atoms with Crippen molar-refractivity contribution in [2.45, 2.75) is 6.42 Å². The zero-order valence-electron chi connectivity index (χ0n) is 14.7. The number of fused-ring (bicyclic) bond motifs is 1. The lowest BCUT2D eigenvalue weighted by Gasteiger charge is -2.44. The zero-order chi connectivity index (χ0) is 18.1. The van der Waals surface area contributed by atoms with Crippen molar-refractivity contribution in [2.75, 3.05) is 41.3 Å². The van der Waals surface area contributed by atoms with E-state index in [1.807, 2.05) is 54.6 Å². The fourth-order valence-corrected chi connectivity index (χ4v) is 5.60. The Morgan fingerprint density at radius 3 is 2.35 bits per heavy atom. The van der Waals surface area contributed by atoms with Crippen LogP contribution in [0.3, 0.4) is 0 Å². The second kappa shape index (κ2) is 7.09. The van der Waals surface area contributed by atoms with Gasteiger partial charge in [0, 0.05) is 13.1 Å². The minimum absolute atomic E-state index is 0.557. The number of hydrogen-bond donors (Lipinski definition) is 3. The highest BCUT2D eigenvalue weighted by atomic mass is 32.3. The van der Waals surface area contributed by atoms with Gasteiger partial charge in [-0.25, -0.2) is 4.31 Å². The lowest BCUT2D eigenvalue weighted by Crippen LogP contribution is -2.37. The lowest BCUT2D eigenvalue weighted by molar-refractivity contribution is 0.333. The largest absolute Gasteiger partial charge is 0.330 e. The van der Waals surface area contributed by atoms with Gasteiger partial charge in [-0.1, -0.05) is 30.3 Å². The molecule has 1 atom stereocenters. The van der Waals surface area contributed by atoms with Gasteiger partial charge in [-0.2, -0.15) is 0 Å². The topological polar surface area (TPSA) is 76.2 Å². The summed E-state index contributed by atoms with van der Waals surface area (Å²) in [4.78, 5) is 2.36. The van der Waals surface area contributed by atoms with Crippen molar-refractivity contribution in [1.29, 1.82) is 0 Å². The Kier molecular flexibility index (Phi) is 4.81. The molecule has 7 heteroatoms. The summed E-state index contributed by atoms with van der Waals surface area (Å²) in [5, 5.41) is 0. The van der Waals surface area contributed by atoms with E-state index in [1.54, 1.807) is 8.61 Å². The number of benzene rings is 2. The van der Waals surface area contributed by atoms with Crippen molar-refractivity contribution in [1.82, 2.24) is 4.90 Å². The predicted molar refractivity (Wildman–Crippen MR) is 109 cm³/mol. The van der Waals surface area contributed by atoms with Gasteiger partial charge in [0.05, 0.1) is 23.6 Å². The van der Waals surface area contributed by atoms with Gasteiger partial charge in [0.15, 0.2) is 0 Å². The van der Waals surface area contributed by atoms with Gasteiger partial charge in [0.2, 0.25) is 0 Å². The van der Waals surface area contributed by atoms with Crippen LogP contribution in [0.25, 0.3) is 0 Å². The fraction of sp³-hybridized carbons (Fsp3) is 0.368. The van der Waals surface area contributed by atoms with Crippen LogP contribution >= 0.6 is 11.0 Å². The molecule has 0 saturated carbocycles. The SMILES string of the molecule is NCC1CCN(CCN2c3ccccc3N(c3ccccc3)S2(O)O)C1. The molecule has 2 aliphatic rings. The Labute approximate surface area is 156 Å². The molecule has 4 rings (SSSR count). The molecule has 0 aromatic heterocycles. The van der Waals surface area contributed by atoms with E-state index >= 15 is 0 Å². The molecule has 140 valence electrons. The zero-order valence-corrected chi connectivity index (χ0v) is 15.6. The van der Waals surface area contributed by atoms with Crippen LogP contribution in [-0.4, -0.2) is 46.7 Å². The Balaban J connectivity index is 1.59. The van der Waals surface area contributed by atoms with Crippen LogP contribution in [0.15, 0.2) is 54.6 Å². The summed E-state index contributed by atoms with van der Waals surface area (Å²) in [6.07, 6.45) is 1.12. The van der Waals surface area contributed by atoms with Gasteiger partial charge in [-0.15, -0.1) is 0 Å². The van der Waals surface area contributed by atoms with E-state index in [9.17, 15) is 9.11 Å². The van der Waals surface area contributed by atoms with Crippen LogP contribution in [0, 0.1) is 5.92 Å². The molecule has 0 aliphatic carbocycles. The minimum Gasteiger partial charge on any atom is -0.330 e. The maximum absolute atomic E-state index is 11.1. The molecule has 6 nitrogen and oxygen atoms in total. The molecular formula is C19H26N4O2S. The summed E-state index contributed by atoms with van der Waals surface area (Å²) in [6, 6.07) is 17.3. The Hall–Kier alpha value is -1.77. The van der Waals surface area contributed by atoms with Crippen LogP contribution in [-0.2, 0) is 0 Å². The van der Waals surface area contributed by atoms with E-state index in [-0.39, 0.29) is 0 Å². The van der Waals surface area contributed by atoms with Gasteiger partial charge < -0.3 is 10.6 Å². The number of hydrogen-bond acceptors (Lipinski definition) is 6. The number of para-hydroxylation sites is 3. The summed E-state index contributed by atoms with van der Waals surface area (Å²) < 4.78 is 25.6. The monoisotopic (exact) mass is 374 g/mol. The molecule has 0 amide bonds. The molecule has 1 fully saturated rings. The van der Waals surface area contributed by atoms with Crippen molar-refractivity contribution in [3.8, 4) is 0 Å². The third kappa shape index (κ3) is 3.06. The Morgan fingerprint density at radius 2 is 1.65 bits per heavy atom. The molecule has 2 aliphatic heterocycles. The molecular weight excluding hydrogens is 348 g/mol. The van der Waals surface area contributed by atoms with E-state index in [0.717, 1.165) is 49.7 Å².